The molecule has 0 saturated heterocycles. The molecule has 5 heterocycles. The molecule has 2 atom stereocenters. The molecule has 3 N–H and O–H groups in total. The lowest BCUT2D eigenvalue weighted by molar-refractivity contribution is -0.141. The Bertz CT molecular complexity index is 1990. The molecule has 41 heavy (non-hydrogen) atoms. The lowest BCUT2D eigenvalue weighted by Gasteiger charge is -2.11. The van der Waals surface area contributed by atoms with Crippen LogP contribution in [0.5, 0.6) is 0 Å². The minimum Gasteiger partial charge on any atom is -0.303 e. The van der Waals surface area contributed by atoms with E-state index in [1.54, 1.807) is 12.1 Å². The minimum absolute atomic E-state index is 0.0595. The van der Waals surface area contributed by atoms with Crippen molar-refractivity contribution < 1.29 is 36.4 Å². The van der Waals surface area contributed by atoms with E-state index < -0.39 is 44.5 Å². The molecule has 5 aromatic rings. The van der Waals surface area contributed by atoms with Gasteiger partial charge in [-0.3, -0.25) is 18.9 Å². The van der Waals surface area contributed by atoms with Crippen molar-refractivity contribution in [1.82, 2.24) is 38.9 Å². The fourth-order valence-electron chi connectivity index (χ4n) is 4.62. The summed E-state index contributed by atoms with van der Waals surface area (Å²) in [7, 11) is -4.95. The van der Waals surface area contributed by atoms with Gasteiger partial charge in [0.05, 0.1) is 23.7 Å². The summed E-state index contributed by atoms with van der Waals surface area (Å²) in [6.07, 6.45) is -0.844. The van der Waals surface area contributed by atoms with Gasteiger partial charge in [0.25, 0.3) is 5.56 Å². The van der Waals surface area contributed by atoms with Gasteiger partial charge in [0.2, 0.25) is 5.95 Å². The van der Waals surface area contributed by atoms with Gasteiger partial charge in [-0.25, -0.2) is 24.0 Å². The molecule has 1 fully saturated rings. The number of rotatable bonds is 7. The van der Waals surface area contributed by atoms with E-state index in [0.29, 0.717) is 27.6 Å². The number of H-pyrrole nitrogens is 1. The third kappa shape index (κ3) is 5.29. The van der Waals surface area contributed by atoms with Crippen molar-refractivity contribution in [2.45, 2.75) is 37.7 Å². The minimum atomic E-state index is -4.95. The van der Waals surface area contributed by atoms with E-state index in [1.165, 1.54) is 12.3 Å². The number of alkyl halides is 3. The summed E-state index contributed by atoms with van der Waals surface area (Å²) in [5.41, 5.74) is -1.11. The van der Waals surface area contributed by atoms with Crippen molar-refractivity contribution in [2.24, 2.45) is 0 Å². The molecule has 0 aliphatic heterocycles. The standard InChI is InChI=1S/C22H17F4N8O6P/c23-17-6-27-19-13(11-3-12(11)15-2-1-10-5-28-33(18(10)29-15)8-22(24,25)26)4-16(31-34(17)19)14-7-32(9-40-41(37,38)39)21(36)30-20(14)35/h1-2,4-7,11-12H,3,8-9H2,(H,30,35,36)(H2,37,38,39)/t11-,12-/m0/s1. The molecule has 1 saturated carbocycles. The molecule has 0 aromatic carbocycles. The van der Waals surface area contributed by atoms with Gasteiger partial charge in [-0.2, -0.15) is 32.3 Å². The van der Waals surface area contributed by atoms with Crippen LogP contribution in [0.15, 0.2) is 46.4 Å². The first-order valence-electron chi connectivity index (χ1n) is 11.7. The summed E-state index contributed by atoms with van der Waals surface area (Å²) >= 11 is 0. The molecule has 0 spiro atoms. The van der Waals surface area contributed by atoms with Crippen LogP contribution in [-0.2, 0) is 22.4 Å². The van der Waals surface area contributed by atoms with Gasteiger partial charge < -0.3 is 9.79 Å². The Morgan fingerprint density at radius 3 is 2.66 bits per heavy atom. The molecule has 19 heteroatoms. The van der Waals surface area contributed by atoms with Crippen molar-refractivity contribution in [2.75, 3.05) is 0 Å². The van der Waals surface area contributed by atoms with E-state index in [0.717, 1.165) is 21.6 Å². The lowest BCUT2D eigenvalue weighted by atomic mass is 10.1. The predicted octanol–water partition coefficient (Wildman–Crippen LogP) is 2.03. The average molecular weight is 596 g/mol. The van der Waals surface area contributed by atoms with Gasteiger partial charge >= 0.3 is 19.7 Å². The quantitative estimate of drug-likeness (QED) is 0.186. The van der Waals surface area contributed by atoms with E-state index in [1.807, 2.05) is 4.98 Å². The normalized spacial score (nSPS) is 17.5. The highest BCUT2D eigenvalue weighted by Crippen LogP contribution is 2.55. The fourth-order valence-corrected chi connectivity index (χ4v) is 4.90. The fraction of sp³-hybridized carbons (Fsp3) is 0.273. The maximum atomic E-state index is 14.6. The zero-order chi connectivity index (χ0) is 29.3. The Balaban J connectivity index is 1.39. The van der Waals surface area contributed by atoms with Crippen LogP contribution in [0, 0.1) is 5.95 Å². The van der Waals surface area contributed by atoms with Crippen LogP contribution in [0.25, 0.3) is 27.9 Å². The molecular weight excluding hydrogens is 579 g/mol. The molecule has 1 aliphatic carbocycles. The van der Waals surface area contributed by atoms with E-state index >= 15 is 0 Å². The number of aromatic amines is 1. The highest BCUT2D eigenvalue weighted by Gasteiger charge is 2.43. The molecular formula is C22H17F4N8O6P. The third-order valence-electron chi connectivity index (χ3n) is 6.51. The molecule has 214 valence electrons. The number of nitrogens with zero attached hydrogens (tertiary/aromatic N) is 7. The van der Waals surface area contributed by atoms with E-state index in [9.17, 15) is 31.7 Å². The summed E-state index contributed by atoms with van der Waals surface area (Å²) < 4.78 is 71.3. The number of fused-ring (bicyclic) bond motifs is 2. The van der Waals surface area contributed by atoms with Crippen molar-refractivity contribution >= 4 is 24.5 Å². The molecule has 5 aromatic heterocycles. The maximum Gasteiger partial charge on any atom is 0.471 e. The van der Waals surface area contributed by atoms with Crippen molar-refractivity contribution in [3.63, 3.8) is 0 Å². The smallest absolute Gasteiger partial charge is 0.303 e. The van der Waals surface area contributed by atoms with Crippen LogP contribution in [0.1, 0.15) is 29.5 Å². The van der Waals surface area contributed by atoms with Crippen LogP contribution >= 0.6 is 7.82 Å². The Kier molecular flexibility index (Phi) is 6.18. The lowest BCUT2D eigenvalue weighted by Crippen LogP contribution is -2.31. The number of phosphoric ester groups is 1. The average Bonchev–Trinajstić information content (AvgIpc) is 3.46. The zero-order valence-corrected chi connectivity index (χ0v) is 21.3. The number of pyridine rings is 1. The van der Waals surface area contributed by atoms with Crippen molar-refractivity contribution in [1.29, 1.82) is 0 Å². The van der Waals surface area contributed by atoms with Gasteiger partial charge in [0.15, 0.2) is 11.3 Å². The highest BCUT2D eigenvalue weighted by molar-refractivity contribution is 7.46. The number of aromatic nitrogens is 8. The van der Waals surface area contributed by atoms with Gasteiger partial charge in [-0.15, -0.1) is 0 Å². The first-order chi connectivity index (χ1) is 19.3. The molecule has 0 unspecified atom stereocenters. The van der Waals surface area contributed by atoms with Gasteiger partial charge in [-0.05, 0) is 30.5 Å². The predicted molar refractivity (Wildman–Crippen MR) is 130 cm³/mol. The first kappa shape index (κ1) is 26.9. The number of halogens is 4. The van der Waals surface area contributed by atoms with Gasteiger partial charge in [-0.1, -0.05) is 0 Å². The number of imidazole rings is 1. The van der Waals surface area contributed by atoms with Gasteiger partial charge in [0.1, 0.15) is 13.3 Å². The molecule has 0 amide bonds. The number of hydrogen-bond donors (Lipinski definition) is 3. The molecule has 14 nitrogen and oxygen atoms in total. The van der Waals surface area contributed by atoms with Crippen LogP contribution in [-0.4, -0.2) is 54.9 Å². The van der Waals surface area contributed by atoms with Crippen LogP contribution < -0.4 is 11.2 Å². The first-order valence-corrected chi connectivity index (χ1v) is 13.3. The molecule has 0 radical (unpaired) electrons. The molecule has 6 rings (SSSR count). The highest BCUT2D eigenvalue weighted by atomic mass is 31.2. The van der Waals surface area contributed by atoms with E-state index in [4.69, 9.17) is 9.79 Å². The Morgan fingerprint density at radius 2 is 1.93 bits per heavy atom. The van der Waals surface area contributed by atoms with Crippen LogP contribution in [0.2, 0.25) is 0 Å². The second-order valence-corrected chi connectivity index (χ2v) is 10.6. The number of phosphoric acid groups is 1. The monoisotopic (exact) mass is 596 g/mol. The van der Waals surface area contributed by atoms with Crippen molar-refractivity contribution in [3.05, 3.63) is 74.8 Å². The van der Waals surface area contributed by atoms with Crippen LogP contribution in [0.4, 0.5) is 17.6 Å². The van der Waals surface area contributed by atoms with Crippen molar-refractivity contribution in [3.8, 4) is 11.3 Å². The topological polar surface area (TPSA) is 183 Å². The summed E-state index contributed by atoms with van der Waals surface area (Å²) in [5.74, 6) is -1.46. The van der Waals surface area contributed by atoms with Crippen LogP contribution in [0.3, 0.4) is 0 Å². The second-order valence-electron chi connectivity index (χ2n) is 9.34. The second kappa shape index (κ2) is 9.41. The summed E-state index contributed by atoms with van der Waals surface area (Å²) in [6, 6.07) is 4.74. The maximum absolute atomic E-state index is 14.6. The Labute approximate surface area is 224 Å². The van der Waals surface area contributed by atoms with E-state index in [2.05, 4.69) is 24.7 Å². The summed E-state index contributed by atoms with van der Waals surface area (Å²) in [4.78, 5) is 53.1. The largest absolute Gasteiger partial charge is 0.471 e. The third-order valence-corrected chi connectivity index (χ3v) is 6.96. The Hall–Kier alpha value is -4.25. The number of hydrogen-bond acceptors (Lipinski definition) is 8. The number of nitrogens with one attached hydrogen (secondary N) is 1. The molecule has 1 aliphatic rings. The SMILES string of the molecule is O=c1[nH]c(=O)n(COP(=O)(O)O)cc1-c1cc([C@H]2C[C@@H]2c2ccc3cnn(CC(F)(F)F)c3n2)c2ncc(F)n2n1. The van der Waals surface area contributed by atoms with E-state index in [-0.39, 0.29) is 34.4 Å². The van der Waals surface area contributed by atoms with Gasteiger partial charge in [0, 0.05) is 28.8 Å². The Morgan fingerprint density at radius 1 is 1.15 bits per heavy atom. The molecule has 0 bridgehead atoms. The summed E-state index contributed by atoms with van der Waals surface area (Å²) in [6.45, 7) is -2.20. The zero-order valence-electron chi connectivity index (χ0n) is 20.4. The summed E-state index contributed by atoms with van der Waals surface area (Å²) in [5, 5.41) is 8.31.